The maximum atomic E-state index is 12.8. The quantitative estimate of drug-likeness (QED) is 0.781. The summed E-state index contributed by atoms with van der Waals surface area (Å²) in [5, 5.41) is 8.34. The number of hydrogen-bond donors (Lipinski definition) is 1. The fourth-order valence-corrected chi connectivity index (χ4v) is 1.11. The summed E-state index contributed by atoms with van der Waals surface area (Å²) < 4.78 is 61.6. The predicted molar refractivity (Wildman–Crippen MR) is 50.1 cm³/mol. The first-order chi connectivity index (χ1) is 7.91. The van der Waals surface area contributed by atoms with Crippen LogP contribution in [0.4, 0.5) is 22.0 Å². The van der Waals surface area contributed by atoms with E-state index in [0.29, 0.717) is 0 Å². The molecule has 0 fully saturated rings. The maximum Gasteiger partial charge on any atom is 0.463 e. The van der Waals surface area contributed by atoms with Crippen molar-refractivity contribution in [3.63, 3.8) is 0 Å². The number of amides is 1. The number of aliphatic carboxylic acids is 1. The van der Waals surface area contributed by atoms with E-state index in [9.17, 15) is 31.5 Å². The second-order valence-electron chi connectivity index (χ2n) is 3.81. The zero-order valence-corrected chi connectivity index (χ0v) is 9.59. The second-order valence-corrected chi connectivity index (χ2v) is 3.81. The standard InChI is InChI=1S/C9H12F5NO3/c1-5(2)15(4-3-6(16)17)7(18)8(10,11)9(12,13)14/h5H,3-4H2,1-2H3,(H,16,17). The Morgan fingerprint density at radius 1 is 1.17 bits per heavy atom. The lowest BCUT2D eigenvalue weighted by Gasteiger charge is -2.30. The summed E-state index contributed by atoms with van der Waals surface area (Å²) in [6.45, 7) is 1.72. The van der Waals surface area contributed by atoms with Gasteiger partial charge in [-0.2, -0.15) is 22.0 Å². The topological polar surface area (TPSA) is 57.6 Å². The number of nitrogens with zero attached hydrogens (tertiary/aromatic N) is 1. The van der Waals surface area contributed by atoms with E-state index in [1.165, 1.54) is 13.8 Å². The summed E-state index contributed by atoms with van der Waals surface area (Å²) in [5.74, 6) is -9.36. The molecule has 0 bridgehead atoms. The highest BCUT2D eigenvalue weighted by molar-refractivity contribution is 5.85. The van der Waals surface area contributed by atoms with Crippen LogP contribution in [0.1, 0.15) is 20.3 Å². The fourth-order valence-electron chi connectivity index (χ4n) is 1.11. The van der Waals surface area contributed by atoms with Crippen molar-refractivity contribution < 1.29 is 36.6 Å². The number of carboxylic acid groups (broad SMARTS) is 1. The molecule has 0 aliphatic rings. The summed E-state index contributed by atoms with van der Waals surface area (Å²) in [6.07, 6.45) is -6.71. The predicted octanol–water partition coefficient (Wildman–Crippen LogP) is 1.90. The van der Waals surface area contributed by atoms with Crippen molar-refractivity contribution in [1.29, 1.82) is 0 Å². The minimum absolute atomic E-state index is 0.196. The Morgan fingerprint density at radius 2 is 1.61 bits per heavy atom. The van der Waals surface area contributed by atoms with Crippen molar-refractivity contribution in [2.45, 2.75) is 38.4 Å². The Morgan fingerprint density at radius 3 is 1.89 bits per heavy atom. The van der Waals surface area contributed by atoms with Gasteiger partial charge in [-0.05, 0) is 13.8 Å². The first-order valence-corrected chi connectivity index (χ1v) is 4.88. The molecule has 0 radical (unpaired) electrons. The molecule has 0 unspecified atom stereocenters. The molecule has 0 aromatic carbocycles. The second kappa shape index (κ2) is 5.49. The van der Waals surface area contributed by atoms with Crippen molar-refractivity contribution in [1.82, 2.24) is 4.90 Å². The fraction of sp³-hybridized carbons (Fsp3) is 0.778. The van der Waals surface area contributed by atoms with Gasteiger partial charge in [-0.25, -0.2) is 0 Å². The van der Waals surface area contributed by atoms with Crippen molar-refractivity contribution >= 4 is 11.9 Å². The Labute approximate surface area is 99.4 Å². The maximum absolute atomic E-state index is 12.8. The van der Waals surface area contributed by atoms with E-state index < -0.39 is 43.0 Å². The lowest BCUT2D eigenvalue weighted by molar-refractivity contribution is -0.275. The molecule has 9 heteroatoms. The van der Waals surface area contributed by atoms with Crippen molar-refractivity contribution in [2.75, 3.05) is 6.54 Å². The number of hydrogen-bond acceptors (Lipinski definition) is 2. The molecule has 106 valence electrons. The molecule has 0 aliphatic heterocycles. The normalized spacial score (nSPS) is 12.7. The molecule has 0 saturated heterocycles. The van der Waals surface area contributed by atoms with Gasteiger partial charge in [0.2, 0.25) is 0 Å². The smallest absolute Gasteiger partial charge is 0.463 e. The van der Waals surface area contributed by atoms with Gasteiger partial charge in [0.1, 0.15) is 0 Å². The van der Waals surface area contributed by atoms with Crippen LogP contribution in [0.3, 0.4) is 0 Å². The van der Waals surface area contributed by atoms with Gasteiger partial charge in [0, 0.05) is 12.6 Å². The summed E-state index contributed by atoms with van der Waals surface area (Å²) in [6, 6.07) is -0.968. The lowest BCUT2D eigenvalue weighted by Crippen LogP contribution is -2.54. The Balaban J connectivity index is 5.04. The van der Waals surface area contributed by atoms with Crippen molar-refractivity contribution in [3.8, 4) is 0 Å². The van der Waals surface area contributed by atoms with Gasteiger partial charge in [-0.15, -0.1) is 0 Å². The van der Waals surface area contributed by atoms with Crippen LogP contribution in [-0.2, 0) is 9.59 Å². The third kappa shape index (κ3) is 3.81. The Bertz CT molecular complexity index is 327. The molecule has 0 atom stereocenters. The lowest BCUT2D eigenvalue weighted by atomic mass is 10.2. The minimum Gasteiger partial charge on any atom is -0.481 e. The van der Waals surface area contributed by atoms with Crippen LogP contribution in [-0.4, -0.2) is 46.6 Å². The number of alkyl halides is 5. The Hall–Kier alpha value is -1.41. The zero-order chi connectivity index (χ0) is 14.7. The van der Waals surface area contributed by atoms with Gasteiger partial charge in [-0.1, -0.05) is 0 Å². The Kier molecular flexibility index (Phi) is 5.06. The van der Waals surface area contributed by atoms with Crippen LogP contribution < -0.4 is 0 Å². The molecular formula is C9H12F5NO3. The highest BCUT2D eigenvalue weighted by Gasteiger charge is 2.64. The average molecular weight is 277 g/mol. The number of carboxylic acids is 1. The van der Waals surface area contributed by atoms with Crippen LogP contribution in [0.5, 0.6) is 0 Å². The largest absolute Gasteiger partial charge is 0.481 e. The summed E-state index contributed by atoms with van der Waals surface area (Å²) >= 11 is 0. The van der Waals surface area contributed by atoms with E-state index in [-0.39, 0.29) is 4.90 Å². The molecule has 4 nitrogen and oxygen atoms in total. The van der Waals surface area contributed by atoms with Gasteiger partial charge in [0.15, 0.2) is 0 Å². The van der Waals surface area contributed by atoms with Crippen molar-refractivity contribution in [2.24, 2.45) is 0 Å². The van der Waals surface area contributed by atoms with Crippen molar-refractivity contribution in [3.05, 3.63) is 0 Å². The molecule has 0 aromatic heterocycles. The highest BCUT2D eigenvalue weighted by Crippen LogP contribution is 2.37. The number of carbonyl (C=O) groups excluding carboxylic acids is 1. The first-order valence-electron chi connectivity index (χ1n) is 4.88. The average Bonchev–Trinajstić information content (AvgIpc) is 2.14. The monoisotopic (exact) mass is 277 g/mol. The molecule has 1 N–H and O–H groups in total. The third-order valence-electron chi connectivity index (χ3n) is 2.08. The van der Waals surface area contributed by atoms with Gasteiger partial charge in [0.05, 0.1) is 6.42 Å². The van der Waals surface area contributed by atoms with Gasteiger partial charge < -0.3 is 10.0 Å². The summed E-state index contributed by atoms with van der Waals surface area (Å²) in [5.41, 5.74) is 0. The highest BCUT2D eigenvalue weighted by atomic mass is 19.4. The van der Waals surface area contributed by atoms with E-state index in [4.69, 9.17) is 5.11 Å². The molecule has 0 aliphatic carbocycles. The first kappa shape index (κ1) is 16.6. The molecule has 1 amide bonds. The van der Waals surface area contributed by atoms with E-state index >= 15 is 0 Å². The zero-order valence-electron chi connectivity index (χ0n) is 9.59. The van der Waals surface area contributed by atoms with E-state index in [1.807, 2.05) is 0 Å². The third-order valence-corrected chi connectivity index (χ3v) is 2.08. The number of carbonyl (C=O) groups is 2. The number of halogens is 5. The summed E-state index contributed by atoms with van der Waals surface area (Å²) in [7, 11) is 0. The van der Waals surface area contributed by atoms with E-state index in [1.54, 1.807) is 0 Å². The van der Waals surface area contributed by atoms with Crippen LogP contribution in [0, 0.1) is 0 Å². The van der Waals surface area contributed by atoms with Gasteiger partial charge in [0.25, 0.3) is 0 Å². The minimum atomic E-state index is -6.00. The van der Waals surface area contributed by atoms with Crippen LogP contribution >= 0.6 is 0 Å². The molecule has 18 heavy (non-hydrogen) atoms. The molecule has 0 saturated carbocycles. The van der Waals surface area contributed by atoms with Crippen LogP contribution in [0.25, 0.3) is 0 Å². The molecule has 0 rings (SSSR count). The van der Waals surface area contributed by atoms with Crippen LogP contribution in [0.2, 0.25) is 0 Å². The molecule has 0 heterocycles. The van der Waals surface area contributed by atoms with E-state index in [2.05, 4.69) is 0 Å². The van der Waals surface area contributed by atoms with E-state index in [0.717, 1.165) is 0 Å². The number of rotatable bonds is 5. The van der Waals surface area contributed by atoms with Gasteiger partial charge >= 0.3 is 24.0 Å². The summed E-state index contributed by atoms with van der Waals surface area (Å²) in [4.78, 5) is 21.6. The van der Waals surface area contributed by atoms with Gasteiger partial charge in [-0.3, -0.25) is 9.59 Å². The van der Waals surface area contributed by atoms with Crippen LogP contribution in [0.15, 0.2) is 0 Å². The molecule has 0 aromatic rings. The SMILES string of the molecule is CC(C)N(CCC(=O)O)C(=O)C(F)(F)C(F)(F)F. The molecular weight excluding hydrogens is 265 g/mol. The molecule has 0 spiro atoms.